The zero-order valence-corrected chi connectivity index (χ0v) is 21.9. The average molecular weight is 544 g/mol. The number of carbonyl (C=O) groups excluding carboxylic acids is 1. The molecule has 0 saturated heterocycles. The number of amides is 1. The average Bonchev–Trinajstić information content (AvgIpc) is 2.81. The molecule has 8 nitrogen and oxygen atoms in total. The van der Waals surface area contributed by atoms with Crippen LogP contribution in [0.3, 0.4) is 0 Å². The molecular weight excluding hydrogens is 521 g/mol. The highest BCUT2D eigenvalue weighted by Crippen LogP contribution is 2.33. The molecule has 0 bridgehead atoms. The SMILES string of the molecule is Cc1cc(C(C)Nc2ccc(Cl)nc2C(=O)NS(C)(=O)=O)c2oc(-c3ccccc3F)c(C)c(=O)c2c1. The summed E-state index contributed by atoms with van der Waals surface area (Å²) in [7, 11) is -3.85. The van der Waals surface area contributed by atoms with Crippen molar-refractivity contribution in [3.05, 3.63) is 92.1 Å². The molecule has 37 heavy (non-hydrogen) atoms. The first-order valence-corrected chi connectivity index (χ1v) is 13.4. The minimum Gasteiger partial charge on any atom is -0.455 e. The summed E-state index contributed by atoms with van der Waals surface area (Å²) in [6.07, 6.45) is 0.848. The molecule has 0 aliphatic heterocycles. The standard InChI is InChI=1S/C26H23ClFN3O5S/c1-13-11-17(15(3)29-20-9-10-21(27)30-22(20)26(33)31-37(4,34)35)25-18(12-13)23(32)14(2)24(36-25)16-7-5-6-8-19(16)28/h5-12,15,29H,1-4H3,(H,31,33). The molecule has 2 aromatic heterocycles. The van der Waals surface area contributed by atoms with Crippen molar-refractivity contribution < 1.29 is 22.0 Å². The largest absolute Gasteiger partial charge is 0.455 e. The normalized spacial score (nSPS) is 12.4. The first-order valence-electron chi connectivity index (χ1n) is 11.1. The number of aromatic nitrogens is 1. The summed E-state index contributed by atoms with van der Waals surface area (Å²) < 4.78 is 45.8. The van der Waals surface area contributed by atoms with Crippen molar-refractivity contribution >= 4 is 44.2 Å². The molecule has 4 aromatic rings. The molecule has 0 saturated carbocycles. The molecule has 1 atom stereocenters. The summed E-state index contributed by atoms with van der Waals surface area (Å²) in [5.74, 6) is -1.37. The number of hydrogen-bond acceptors (Lipinski definition) is 7. The Hall–Kier alpha value is -3.76. The van der Waals surface area contributed by atoms with Crippen molar-refractivity contribution in [2.24, 2.45) is 0 Å². The van der Waals surface area contributed by atoms with Crippen molar-refractivity contribution in [3.8, 4) is 11.3 Å². The highest BCUT2D eigenvalue weighted by molar-refractivity contribution is 7.89. The van der Waals surface area contributed by atoms with E-state index in [1.54, 1.807) is 32.0 Å². The Labute approximate surface area is 217 Å². The van der Waals surface area contributed by atoms with Crippen LogP contribution in [0.1, 0.15) is 40.1 Å². The number of halogens is 2. The Bertz CT molecular complexity index is 1720. The minimum absolute atomic E-state index is 0.00568. The van der Waals surface area contributed by atoms with Crippen molar-refractivity contribution in [2.45, 2.75) is 26.8 Å². The van der Waals surface area contributed by atoms with Crippen LogP contribution in [0.25, 0.3) is 22.3 Å². The van der Waals surface area contributed by atoms with E-state index >= 15 is 0 Å². The van der Waals surface area contributed by atoms with Gasteiger partial charge in [0.25, 0.3) is 5.91 Å². The summed E-state index contributed by atoms with van der Waals surface area (Å²) >= 11 is 5.96. The van der Waals surface area contributed by atoms with Gasteiger partial charge in [-0.25, -0.2) is 22.5 Å². The van der Waals surface area contributed by atoms with Crippen molar-refractivity contribution in [3.63, 3.8) is 0 Å². The van der Waals surface area contributed by atoms with Crippen molar-refractivity contribution in [2.75, 3.05) is 11.6 Å². The molecule has 192 valence electrons. The smallest absolute Gasteiger partial charge is 0.285 e. The number of nitrogens with zero attached hydrogens (tertiary/aromatic N) is 1. The van der Waals surface area contributed by atoms with E-state index in [1.807, 2.05) is 17.7 Å². The predicted molar refractivity (Wildman–Crippen MR) is 141 cm³/mol. The third-order valence-electron chi connectivity index (χ3n) is 5.70. The van der Waals surface area contributed by atoms with E-state index < -0.39 is 27.8 Å². The van der Waals surface area contributed by atoms with Crippen LogP contribution in [0.4, 0.5) is 10.1 Å². The van der Waals surface area contributed by atoms with Gasteiger partial charge in [0.1, 0.15) is 22.3 Å². The van der Waals surface area contributed by atoms with Gasteiger partial charge in [-0.05, 0) is 56.7 Å². The Kier molecular flexibility index (Phi) is 7.07. The van der Waals surface area contributed by atoms with E-state index in [0.29, 0.717) is 10.9 Å². The fraction of sp³-hybridized carbons (Fsp3) is 0.192. The van der Waals surface area contributed by atoms with Crippen LogP contribution in [0.15, 0.2) is 57.7 Å². The highest BCUT2D eigenvalue weighted by Gasteiger charge is 2.23. The van der Waals surface area contributed by atoms with E-state index in [0.717, 1.165) is 11.8 Å². The molecule has 2 heterocycles. The number of anilines is 1. The van der Waals surface area contributed by atoms with E-state index in [9.17, 15) is 22.4 Å². The summed E-state index contributed by atoms with van der Waals surface area (Å²) in [4.78, 5) is 29.9. The summed E-state index contributed by atoms with van der Waals surface area (Å²) in [6.45, 7) is 5.18. The first kappa shape index (κ1) is 26.3. The summed E-state index contributed by atoms with van der Waals surface area (Å²) in [6, 6.07) is 11.9. The third kappa shape index (κ3) is 5.50. The van der Waals surface area contributed by atoms with Crippen molar-refractivity contribution in [1.82, 2.24) is 9.71 Å². The number of fused-ring (bicyclic) bond motifs is 1. The number of benzene rings is 2. The number of rotatable bonds is 6. The second kappa shape index (κ2) is 9.95. The summed E-state index contributed by atoms with van der Waals surface area (Å²) in [5, 5.41) is 3.45. The maximum absolute atomic E-state index is 14.6. The maximum Gasteiger partial charge on any atom is 0.285 e. The van der Waals surface area contributed by atoms with Gasteiger partial charge >= 0.3 is 0 Å². The molecule has 0 fully saturated rings. The monoisotopic (exact) mass is 543 g/mol. The fourth-order valence-corrected chi connectivity index (χ4v) is 4.63. The number of pyridine rings is 1. The lowest BCUT2D eigenvalue weighted by molar-refractivity contribution is 0.0977. The Morgan fingerprint density at radius 1 is 1.14 bits per heavy atom. The van der Waals surface area contributed by atoms with Crippen LogP contribution in [0, 0.1) is 19.7 Å². The van der Waals surface area contributed by atoms with Crippen LogP contribution >= 0.6 is 11.6 Å². The summed E-state index contributed by atoms with van der Waals surface area (Å²) in [5.41, 5.74) is 1.72. The zero-order valence-electron chi connectivity index (χ0n) is 20.3. The van der Waals surface area contributed by atoms with Crippen molar-refractivity contribution in [1.29, 1.82) is 0 Å². The molecule has 2 aromatic carbocycles. The zero-order chi connectivity index (χ0) is 27.1. The first-order chi connectivity index (χ1) is 17.4. The number of nitrogens with one attached hydrogen (secondary N) is 2. The van der Waals surface area contributed by atoms with E-state index in [1.165, 1.54) is 24.3 Å². The molecule has 0 spiro atoms. The lowest BCUT2D eigenvalue weighted by Crippen LogP contribution is -2.31. The van der Waals surface area contributed by atoms with Gasteiger partial charge in [0.15, 0.2) is 11.1 Å². The molecule has 2 N–H and O–H groups in total. The molecule has 4 rings (SSSR count). The van der Waals surface area contributed by atoms with Gasteiger partial charge in [-0.1, -0.05) is 29.8 Å². The second-order valence-electron chi connectivity index (χ2n) is 8.70. The Morgan fingerprint density at radius 2 is 1.84 bits per heavy atom. The fourth-order valence-electron chi connectivity index (χ4n) is 4.04. The Morgan fingerprint density at radius 3 is 2.51 bits per heavy atom. The molecule has 0 aliphatic carbocycles. The minimum atomic E-state index is -3.85. The van der Waals surface area contributed by atoms with Crippen LogP contribution in [-0.4, -0.2) is 25.6 Å². The van der Waals surface area contributed by atoms with Gasteiger partial charge in [0, 0.05) is 11.1 Å². The number of aryl methyl sites for hydroxylation is 1. The molecule has 11 heteroatoms. The van der Waals surface area contributed by atoms with Crippen LogP contribution < -0.4 is 15.5 Å². The van der Waals surface area contributed by atoms with E-state index in [4.69, 9.17) is 16.0 Å². The molecule has 0 radical (unpaired) electrons. The lowest BCUT2D eigenvalue weighted by atomic mass is 9.98. The van der Waals surface area contributed by atoms with Crippen LogP contribution in [0.5, 0.6) is 0 Å². The lowest BCUT2D eigenvalue weighted by Gasteiger charge is -2.20. The van der Waals surface area contributed by atoms with Crippen LogP contribution in [-0.2, 0) is 10.0 Å². The van der Waals surface area contributed by atoms with Gasteiger partial charge in [-0.2, -0.15) is 0 Å². The predicted octanol–water partition coefficient (Wildman–Crippen LogP) is 5.13. The maximum atomic E-state index is 14.6. The van der Waals surface area contributed by atoms with Gasteiger partial charge < -0.3 is 9.73 Å². The molecular formula is C26H23ClFN3O5S. The highest BCUT2D eigenvalue weighted by atomic mass is 35.5. The third-order valence-corrected chi connectivity index (χ3v) is 6.47. The quantitative estimate of drug-likeness (QED) is 0.324. The number of carbonyl (C=O) groups is 1. The Balaban J connectivity index is 1.85. The van der Waals surface area contributed by atoms with Gasteiger partial charge in [-0.15, -0.1) is 0 Å². The second-order valence-corrected chi connectivity index (χ2v) is 10.8. The number of hydrogen-bond donors (Lipinski definition) is 2. The molecule has 1 unspecified atom stereocenters. The van der Waals surface area contributed by atoms with E-state index in [-0.39, 0.29) is 44.4 Å². The van der Waals surface area contributed by atoms with E-state index in [2.05, 4.69) is 10.3 Å². The molecule has 0 aliphatic rings. The van der Waals surface area contributed by atoms with Gasteiger partial charge in [-0.3, -0.25) is 9.59 Å². The molecule has 1 amide bonds. The van der Waals surface area contributed by atoms with Crippen LogP contribution in [0.2, 0.25) is 5.15 Å². The number of sulfonamides is 1. The van der Waals surface area contributed by atoms with Gasteiger partial charge in [0.2, 0.25) is 10.0 Å². The topological polar surface area (TPSA) is 118 Å². The van der Waals surface area contributed by atoms with Gasteiger partial charge in [0.05, 0.1) is 28.9 Å².